The molecule has 1 unspecified atom stereocenters. The molecule has 0 saturated carbocycles. The summed E-state index contributed by atoms with van der Waals surface area (Å²) in [5.74, 6) is -1.47. The number of piperidine rings is 3. The minimum absolute atomic E-state index is 0.0300. The van der Waals surface area contributed by atoms with E-state index in [9.17, 15) is 39.6 Å². The molecule has 9 aromatic carbocycles. The van der Waals surface area contributed by atoms with Gasteiger partial charge in [0.25, 0.3) is 0 Å². The van der Waals surface area contributed by atoms with Crippen LogP contribution in [0, 0.1) is 47.5 Å². The number of hydrogen-bond acceptors (Lipinski definition) is 11. The number of aliphatic carboxylic acids is 2. The van der Waals surface area contributed by atoms with Gasteiger partial charge in [0.05, 0.1) is 29.1 Å². The highest BCUT2D eigenvalue weighted by Crippen LogP contribution is 2.43. The number of hydrogen-bond donors (Lipinski definition) is 4. The van der Waals surface area contributed by atoms with Gasteiger partial charge >= 0.3 is 11.9 Å². The summed E-state index contributed by atoms with van der Waals surface area (Å²) in [7, 11) is 0. The first-order chi connectivity index (χ1) is 54.8. The van der Waals surface area contributed by atoms with Crippen molar-refractivity contribution < 1.29 is 49.1 Å². The molecule has 610 valence electrons. The molecular weight excluding hydrogens is 1430 g/mol. The van der Waals surface area contributed by atoms with Gasteiger partial charge in [0, 0.05) is 50.1 Å². The van der Waals surface area contributed by atoms with Crippen LogP contribution >= 0.6 is 0 Å². The molecule has 0 spiro atoms. The van der Waals surface area contributed by atoms with Crippen molar-refractivity contribution in [3.8, 4) is 0 Å². The van der Waals surface area contributed by atoms with Crippen LogP contribution in [0.25, 0.3) is 0 Å². The highest BCUT2D eigenvalue weighted by Gasteiger charge is 2.42. The van der Waals surface area contributed by atoms with E-state index in [1.54, 1.807) is 76.2 Å². The third kappa shape index (κ3) is 24.5. The van der Waals surface area contributed by atoms with Crippen LogP contribution < -0.4 is 0 Å². The van der Waals surface area contributed by atoms with Crippen LogP contribution in [-0.2, 0) is 40.9 Å². The average molecular weight is 1560 g/mol. The Morgan fingerprint density at radius 1 is 0.357 bits per heavy atom. The molecule has 13 heteroatoms. The molecule has 12 rings (SSSR count). The predicted molar refractivity (Wildman–Crippen MR) is 465 cm³/mol. The van der Waals surface area contributed by atoms with Crippen LogP contribution in [0.5, 0.6) is 0 Å². The molecule has 3 aliphatic heterocycles. The van der Waals surface area contributed by atoms with E-state index in [1.165, 1.54) is 61.2 Å². The number of ketones is 2. The number of rotatable bonds is 30. The Bertz CT molecular complexity index is 4390. The Kier molecular flexibility index (Phi) is 31.3. The topological polar surface area (TPSA) is 177 Å². The first kappa shape index (κ1) is 88.3. The van der Waals surface area contributed by atoms with E-state index in [2.05, 4.69) is 247 Å². The molecule has 0 aliphatic carbocycles. The van der Waals surface area contributed by atoms with Crippen molar-refractivity contribution >= 4 is 23.5 Å². The summed E-state index contributed by atoms with van der Waals surface area (Å²) in [6.07, 6.45) is 10.1. The molecule has 0 radical (unpaired) electrons. The van der Waals surface area contributed by atoms with Gasteiger partial charge in [-0.2, -0.15) is 0 Å². The molecule has 3 aliphatic rings. The number of aliphatic hydroxyl groups is 2. The fourth-order valence-corrected chi connectivity index (χ4v) is 15.9. The van der Waals surface area contributed by atoms with E-state index in [0.29, 0.717) is 35.1 Å². The number of benzene rings is 9. The Balaban J connectivity index is 0.000000182. The summed E-state index contributed by atoms with van der Waals surface area (Å²) in [5.41, 5.74) is 16.2. The molecule has 3 fully saturated rings. The van der Waals surface area contributed by atoms with E-state index in [1.807, 2.05) is 0 Å². The molecule has 4 N–H and O–H groups in total. The SMILES string of the molecule is Cc1ccc(C(O)(c2ccc(C)cc2)C2CCN(CCCC(=O)c3ccc(C(C)(C)C(=O)O)cc3)CC2)cc1.Cc1ccc(C(OC2CCN(CCCC(=O)c3ccc(C(C)(C)C(=O)O)cc3)CC2)c2ccc(C)cc2)cc1.Cc1ccc(C(OC2CCN(CCCC(O)c3ccc(C(C)(C)C)cc3)CC2)c2ccc(C)cc2)cc1. The number of carboxylic acid groups (broad SMARTS) is 2. The van der Waals surface area contributed by atoms with Crippen molar-refractivity contribution in [2.24, 2.45) is 5.92 Å². The van der Waals surface area contributed by atoms with Crippen molar-refractivity contribution in [1.29, 1.82) is 0 Å². The highest BCUT2D eigenvalue weighted by atomic mass is 16.5. The fraction of sp³-hybridized carbons (Fsp3) is 0.431. The molecule has 0 aromatic heterocycles. The van der Waals surface area contributed by atoms with Crippen LogP contribution in [0.15, 0.2) is 218 Å². The maximum Gasteiger partial charge on any atom is 0.313 e. The normalized spacial score (nSPS) is 15.5. The number of aryl methyl sites for hydroxylation is 6. The molecule has 13 nitrogen and oxygen atoms in total. The summed E-state index contributed by atoms with van der Waals surface area (Å²) in [6.45, 7) is 34.5. The summed E-state index contributed by atoms with van der Waals surface area (Å²) in [6, 6.07) is 73.8. The predicted octanol–water partition coefficient (Wildman–Crippen LogP) is 20.9. The molecule has 0 amide bonds. The number of nitrogens with zero attached hydrogens (tertiary/aromatic N) is 3. The lowest BCUT2D eigenvalue weighted by atomic mass is 9.72. The maximum absolute atomic E-state index is 12.8. The van der Waals surface area contributed by atoms with Gasteiger partial charge in [-0.3, -0.25) is 19.2 Å². The van der Waals surface area contributed by atoms with E-state index >= 15 is 0 Å². The molecule has 0 bridgehead atoms. The van der Waals surface area contributed by atoms with Gasteiger partial charge in [-0.15, -0.1) is 0 Å². The number of carbonyl (C=O) groups is 4. The fourth-order valence-electron chi connectivity index (χ4n) is 15.9. The van der Waals surface area contributed by atoms with E-state index in [4.69, 9.17) is 9.47 Å². The summed E-state index contributed by atoms with van der Waals surface area (Å²) >= 11 is 0. The summed E-state index contributed by atoms with van der Waals surface area (Å²) < 4.78 is 13.5. The van der Waals surface area contributed by atoms with Crippen LogP contribution in [0.1, 0.15) is 254 Å². The second kappa shape index (κ2) is 40.7. The van der Waals surface area contributed by atoms with Gasteiger partial charge in [0.2, 0.25) is 0 Å². The lowest BCUT2D eigenvalue weighted by molar-refractivity contribution is -0.143. The smallest absolute Gasteiger partial charge is 0.313 e. The Hall–Kier alpha value is -9.02. The zero-order valence-electron chi connectivity index (χ0n) is 70.7. The zero-order chi connectivity index (χ0) is 82.6. The van der Waals surface area contributed by atoms with Crippen LogP contribution in [0.4, 0.5) is 0 Å². The molecule has 3 heterocycles. The van der Waals surface area contributed by atoms with Gasteiger partial charge in [-0.05, 0) is 233 Å². The standard InChI is InChI=1S/2C34H41NO4.C34H45NO2/c1-24-7-13-28(14-8-24)34(39,29-15-9-25(2)10-16-29)30-19-22-35(23-20-30)21-5-6-31(36)26-11-17-27(18-12-26)33(3,4)32(37)38;1-24-7-11-27(12-8-24)32(28-13-9-25(2)10-14-28)39-30-19-22-35(23-20-30)21-5-6-31(36)26-15-17-29(18-16-26)34(3,4)33(37)38;1-25-8-12-28(13-9-25)33(29-14-10-26(2)11-15-29)37-31-20-23-35(24-21-31)22-6-7-32(36)27-16-18-30(19-17-27)34(3,4)5/h7-18,30,39H,5-6,19-23H2,1-4H3,(H,37,38);7-18,30,32H,5-6,19-23H2,1-4H3,(H,37,38);8-19,31-33,36H,6-7,20-24H2,1-5H3. The second-order valence-corrected chi connectivity index (χ2v) is 35.0. The number of aliphatic hydroxyl groups excluding tert-OH is 1. The lowest BCUT2D eigenvalue weighted by Gasteiger charge is -2.42. The minimum atomic E-state index is -1.04. The third-order valence-corrected chi connectivity index (χ3v) is 24.2. The van der Waals surface area contributed by atoms with Crippen LogP contribution in [-0.4, -0.2) is 130 Å². The number of Topliss-reactive ketones (excluding diaryl/α,β-unsaturated/α-hetero) is 2. The Labute approximate surface area is 686 Å². The second-order valence-electron chi connectivity index (χ2n) is 35.0. The van der Waals surface area contributed by atoms with Gasteiger partial charge in [-0.1, -0.05) is 273 Å². The van der Waals surface area contributed by atoms with Crippen molar-refractivity contribution in [2.75, 3.05) is 58.9 Å². The first-order valence-electron chi connectivity index (χ1n) is 42.0. The van der Waals surface area contributed by atoms with Gasteiger partial charge in [-0.25, -0.2) is 0 Å². The van der Waals surface area contributed by atoms with Crippen LogP contribution in [0.2, 0.25) is 0 Å². The lowest BCUT2D eigenvalue weighted by Crippen LogP contribution is -2.44. The molecule has 3 saturated heterocycles. The van der Waals surface area contributed by atoms with Crippen molar-refractivity contribution in [1.82, 2.24) is 14.7 Å². The van der Waals surface area contributed by atoms with Gasteiger partial charge in [0.15, 0.2) is 11.6 Å². The quantitative estimate of drug-likeness (QED) is 0.0313. The minimum Gasteiger partial charge on any atom is -0.481 e. The zero-order valence-corrected chi connectivity index (χ0v) is 70.7. The molecule has 1 atom stereocenters. The largest absolute Gasteiger partial charge is 0.481 e. The number of carboxylic acids is 2. The van der Waals surface area contributed by atoms with Gasteiger partial charge in [0.1, 0.15) is 17.8 Å². The average Bonchev–Trinajstić information content (AvgIpc) is 0.762. The van der Waals surface area contributed by atoms with Crippen molar-refractivity contribution in [2.45, 2.75) is 219 Å². The summed E-state index contributed by atoms with van der Waals surface area (Å²) in [4.78, 5) is 55.8. The van der Waals surface area contributed by atoms with Gasteiger partial charge < -0.3 is 44.6 Å². The number of carbonyl (C=O) groups excluding carboxylic acids is 2. The maximum atomic E-state index is 12.8. The molecular formula is C102H127N3O10. The Morgan fingerprint density at radius 3 is 0.913 bits per heavy atom. The first-order valence-corrected chi connectivity index (χ1v) is 42.0. The monoisotopic (exact) mass is 1550 g/mol. The van der Waals surface area contributed by atoms with Crippen LogP contribution in [0.3, 0.4) is 0 Å². The third-order valence-electron chi connectivity index (χ3n) is 24.2. The van der Waals surface area contributed by atoms with Crippen molar-refractivity contribution in [3.63, 3.8) is 0 Å². The van der Waals surface area contributed by atoms with Crippen molar-refractivity contribution in [3.05, 3.63) is 319 Å². The van der Waals surface area contributed by atoms with E-state index in [-0.39, 0.29) is 53.4 Å². The summed E-state index contributed by atoms with van der Waals surface area (Å²) in [5, 5.41) is 41.8. The molecule has 115 heavy (non-hydrogen) atoms. The number of ether oxygens (including phenoxy) is 2. The Morgan fingerprint density at radius 2 is 0.617 bits per heavy atom. The van der Waals surface area contributed by atoms with E-state index in [0.717, 1.165) is 140 Å². The molecule has 9 aromatic rings. The van der Waals surface area contributed by atoms with E-state index < -0.39 is 28.4 Å². The highest BCUT2D eigenvalue weighted by molar-refractivity contribution is 5.97. The number of likely N-dealkylation sites (tertiary alicyclic amines) is 3.